The van der Waals surface area contributed by atoms with E-state index in [-0.39, 0.29) is 5.75 Å². The van der Waals surface area contributed by atoms with Crippen LogP contribution in [0, 0.1) is 5.82 Å². The van der Waals surface area contributed by atoms with E-state index in [1.807, 2.05) is 36.4 Å². The van der Waals surface area contributed by atoms with Gasteiger partial charge in [-0.2, -0.15) is 5.10 Å². The van der Waals surface area contributed by atoms with Crippen molar-refractivity contribution in [3.63, 3.8) is 0 Å². The van der Waals surface area contributed by atoms with Gasteiger partial charge in [0.2, 0.25) is 0 Å². The zero-order chi connectivity index (χ0) is 22.6. The van der Waals surface area contributed by atoms with Crippen LogP contribution in [-0.2, 0) is 6.42 Å². The molecule has 0 N–H and O–H groups in total. The molecule has 0 radical (unpaired) electrons. The van der Waals surface area contributed by atoms with Crippen LogP contribution in [0.4, 0.5) is 4.39 Å². The van der Waals surface area contributed by atoms with E-state index >= 15 is 0 Å². The summed E-state index contributed by atoms with van der Waals surface area (Å²) >= 11 is 0. The minimum Gasteiger partial charge on any atom is -0.494 e. The van der Waals surface area contributed by atoms with E-state index in [2.05, 4.69) is 27.1 Å². The highest BCUT2D eigenvalue weighted by atomic mass is 19.1. The van der Waals surface area contributed by atoms with Crippen LogP contribution in [0.2, 0.25) is 0 Å². The van der Waals surface area contributed by atoms with Gasteiger partial charge in [0.05, 0.1) is 12.8 Å². The molecule has 0 unspecified atom stereocenters. The summed E-state index contributed by atoms with van der Waals surface area (Å²) in [6.07, 6.45) is 3.20. The van der Waals surface area contributed by atoms with Gasteiger partial charge in [0.25, 0.3) is 0 Å². The number of nitrogens with zero attached hydrogens (tertiary/aromatic N) is 4. The molecule has 0 aliphatic carbocycles. The number of fused-ring (bicyclic) bond motifs is 1. The lowest BCUT2D eigenvalue weighted by Crippen LogP contribution is -2.25. The second kappa shape index (κ2) is 9.58. The van der Waals surface area contributed by atoms with Crippen molar-refractivity contribution >= 4 is 5.65 Å². The van der Waals surface area contributed by atoms with Crippen LogP contribution in [0.3, 0.4) is 0 Å². The van der Waals surface area contributed by atoms with Crippen molar-refractivity contribution in [2.24, 2.45) is 0 Å². The van der Waals surface area contributed by atoms with Crippen molar-refractivity contribution in [2.75, 3.05) is 33.4 Å². The van der Waals surface area contributed by atoms with Gasteiger partial charge in [0.1, 0.15) is 12.4 Å². The molecular weight excluding hydrogens is 419 g/mol. The maximum atomic E-state index is 14.2. The molecule has 4 aromatic rings. The molecule has 0 saturated carbocycles. The molecule has 3 heterocycles. The highest BCUT2D eigenvalue weighted by molar-refractivity contribution is 5.64. The van der Waals surface area contributed by atoms with Crippen molar-refractivity contribution < 1.29 is 13.9 Å². The summed E-state index contributed by atoms with van der Waals surface area (Å²) in [6.45, 7) is 4.06. The zero-order valence-electron chi connectivity index (χ0n) is 18.7. The second-order valence-electron chi connectivity index (χ2n) is 8.28. The third-order valence-electron chi connectivity index (χ3n) is 6.01. The Kier molecular flexibility index (Phi) is 6.21. The number of hydrogen-bond donors (Lipinski definition) is 0. The first-order valence-corrected chi connectivity index (χ1v) is 11.3. The molecule has 2 aromatic carbocycles. The van der Waals surface area contributed by atoms with Crippen molar-refractivity contribution in [1.82, 2.24) is 19.5 Å². The Morgan fingerprint density at radius 2 is 1.82 bits per heavy atom. The molecule has 170 valence electrons. The Morgan fingerprint density at radius 1 is 1.00 bits per heavy atom. The fourth-order valence-corrected chi connectivity index (χ4v) is 4.25. The first kappa shape index (κ1) is 21.4. The first-order chi connectivity index (χ1) is 16.2. The van der Waals surface area contributed by atoms with Gasteiger partial charge >= 0.3 is 0 Å². The molecule has 1 fully saturated rings. The largest absolute Gasteiger partial charge is 0.494 e. The molecular formula is C26H27FN4O2. The van der Waals surface area contributed by atoms with Gasteiger partial charge in [-0.3, -0.25) is 4.90 Å². The van der Waals surface area contributed by atoms with Gasteiger partial charge < -0.3 is 9.47 Å². The monoisotopic (exact) mass is 446 g/mol. The predicted octanol–water partition coefficient (Wildman–Crippen LogP) is 4.61. The fourth-order valence-electron chi connectivity index (χ4n) is 4.25. The molecule has 0 bridgehead atoms. The summed E-state index contributed by atoms with van der Waals surface area (Å²) in [5, 5.41) is 4.69. The number of ether oxygens (including phenoxy) is 2. The molecule has 5 rings (SSSR count). The van der Waals surface area contributed by atoms with Gasteiger partial charge in [0.15, 0.2) is 23.0 Å². The maximum absolute atomic E-state index is 14.2. The molecule has 2 aromatic heterocycles. The normalized spacial score (nSPS) is 14.1. The molecule has 0 spiro atoms. The van der Waals surface area contributed by atoms with Crippen LogP contribution in [0.25, 0.3) is 16.9 Å². The van der Waals surface area contributed by atoms with Crippen molar-refractivity contribution in [3.8, 4) is 22.8 Å². The Balaban J connectivity index is 1.28. The average molecular weight is 447 g/mol. The number of pyridine rings is 1. The SMILES string of the molecule is COc1ccc(-c2cccc3nc(Cc4ccc(OCCN5CCCC5)cc4)nn23)cc1F. The smallest absolute Gasteiger partial charge is 0.165 e. The van der Waals surface area contributed by atoms with Crippen LogP contribution < -0.4 is 9.47 Å². The van der Waals surface area contributed by atoms with Crippen molar-refractivity contribution in [1.29, 1.82) is 0 Å². The van der Waals surface area contributed by atoms with Crippen LogP contribution in [-0.4, -0.2) is 52.8 Å². The highest BCUT2D eigenvalue weighted by Crippen LogP contribution is 2.26. The number of aromatic nitrogens is 3. The number of benzene rings is 2. The summed E-state index contributed by atoms with van der Waals surface area (Å²) in [4.78, 5) is 7.11. The molecule has 1 saturated heterocycles. The minimum absolute atomic E-state index is 0.216. The highest BCUT2D eigenvalue weighted by Gasteiger charge is 2.13. The van der Waals surface area contributed by atoms with Gasteiger partial charge in [-0.1, -0.05) is 18.2 Å². The Bertz CT molecular complexity index is 1230. The summed E-state index contributed by atoms with van der Waals surface area (Å²) in [7, 11) is 1.45. The van der Waals surface area contributed by atoms with Crippen molar-refractivity contribution in [3.05, 3.63) is 77.9 Å². The number of likely N-dealkylation sites (tertiary alicyclic amines) is 1. The quantitative estimate of drug-likeness (QED) is 0.396. The Hall–Kier alpha value is -3.45. The standard InChI is InChI=1S/C26H27FN4O2/c1-32-24-12-9-20(18-22(24)27)23-5-4-6-26-28-25(29-31(23)26)17-19-7-10-21(11-8-19)33-16-15-30-13-2-3-14-30/h4-12,18H,2-3,13-17H2,1H3. The van der Waals surface area contributed by atoms with E-state index < -0.39 is 5.82 Å². The summed E-state index contributed by atoms with van der Waals surface area (Å²) in [5.74, 6) is 1.40. The number of halogens is 1. The third kappa shape index (κ3) is 4.83. The van der Waals surface area contributed by atoms with E-state index in [9.17, 15) is 4.39 Å². The lowest BCUT2D eigenvalue weighted by Gasteiger charge is -2.14. The van der Waals surface area contributed by atoms with Crippen LogP contribution in [0.5, 0.6) is 11.5 Å². The topological polar surface area (TPSA) is 51.9 Å². The van der Waals surface area contributed by atoms with Crippen LogP contribution in [0.1, 0.15) is 24.2 Å². The molecule has 0 atom stereocenters. The summed E-state index contributed by atoms with van der Waals surface area (Å²) < 4.78 is 26.9. The van der Waals surface area contributed by atoms with E-state index in [0.717, 1.165) is 29.2 Å². The minimum atomic E-state index is -0.407. The average Bonchev–Trinajstić information content (AvgIpc) is 3.49. The van der Waals surface area contributed by atoms with Crippen molar-refractivity contribution in [2.45, 2.75) is 19.3 Å². The predicted molar refractivity (Wildman–Crippen MR) is 125 cm³/mol. The molecule has 33 heavy (non-hydrogen) atoms. The second-order valence-corrected chi connectivity index (χ2v) is 8.28. The molecule has 1 aliphatic rings. The molecule has 0 amide bonds. The molecule has 7 heteroatoms. The zero-order valence-corrected chi connectivity index (χ0v) is 18.7. The van der Waals surface area contributed by atoms with E-state index in [1.165, 1.54) is 39.1 Å². The Morgan fingerprint density at radius 3 is 2.58 bits per heavy atom. The van der Waals surface area contributed by atoms with Gasteiger partial charge in [-0.05, 0) is 74.0 Å². The number of methoxy groups -OCH3 is 1. The maximum Gasteiger partial charge on any atom is 0.165 e. The van der Waals surface area contributed by atoms with Crippen LogP contribution >= 0.6 is 0 Å². The Labute approximate surface area is 192 Å². The lowest BCUT2D eigenvalue weighted by molar-refractivity contribution is 0.238. The van der Waals surface area contributed by atoms with E-state index in [0.29, 0.717) is 24.4 Å². The van der Waals surface area contributed by atoms with Gasteiger partial charge in [-0.25, -0.2) is 13.9 Å². The molecule has 6 nitrogen and oxygen atoms in total. The van der Waals surface area contributed by atoms with Gasteiger partial charge in [-0.15, -0.1) is 0 Å². The van der Waals surface area contributed by atoms with Crippen LogP contribution in [0.15, 0.2) is 60.7 Å². The summed E-state index contributed by atoms with van der Waals surface area (Å²) in [6, 6.07) is 18.7. The number of hydrogen-bond acceptors (Lipinski definition) is 5. The summed E-state index contributed by atoms with van der Waals surface area (Å²) in [5.41, 5.74) is 3.32. The fraction of sp³-hybridized carbons (Fsp3) is 0.308. The third-order valence-corrected chi connectivity index (χ3v) is 6.01. The molecule has 1 aliphatic heterocycles. The lowest BCUT2D eigenvalue weighted by atomic mass is 10.1. The van der Waals surface area contributed by atoms with Gasteiger partial charge in [0, 0.05) is 18.5 Å². The van der Waals surface area contributed by atoms with E-state index in [4.69, 9.17) is 9.47 Å². The van der Waals surface area contributed by atoms with E-state index in [1.54, 1.807) is 10.6 Å². The number of rotatable bonds is 8. The first-order valence-electron chi connectivity index (χ1n) is 11.3.